The maximum absolute atomic E-state index is 12.8. The fourth-order valence-corrected chi connectivity index (χ4v) is 4.20. The molecule has 166 valence electrons. The van der Waals surface area contributed by atoms with Crippen molar-refractivity contribution in [3.63, 3.8) is 0 Å². The van der Waals surface area contributed by atoms with Gasteiger partial charge in [-0.15, -0.1) is 0 Å². The van der Waals surface area contributed by atoms with Crippen LogP contribution in [-0.4, -0.2) is 23.1 Å². The molecule has 0 spiro atoms. The first-order valence-corrected chi connectivity index (χ1v) is 10.7. The summed E-state index contributed by atoms with van der Waals surface area (Å²) in [6.45, 7) is 3.42. The molecule has 1 aliphatic rings. The number of benzene rings is 2. The van der Waals surface area contributed by atoms with Crippen molar-refractivity contribution in [1.29, 1.82) is 0 Å². The molecule has 4 rings (SSSR count). The molecule has 0 unspecified atom stereocenters. The molecule has 0 saturated carbocycles. The second kappa shape index (κ2) is 8.86. The molecule has 3 aromatic rings. The molecule has 0 radical (unpaired) electrons. The third kappa shape index (κ3) is 4.23. The zero-order valence-electron chi connectivity index (χ0n) is 18.0. The lowest BCUT2D eigenvalue weighted by Crippen LogP contribution is -2.41. The molecule has 7 nitrogen and oxygen atoms in total. The third-order valence-corrected chi connectivity index (χ3v) is 5.77. The van der Waals surface area contributed by atoms with Crippen LogP contribution in [0.25, 0.3) is 11.0 Å². The van der Waals surface area contributed by atoms with Gasteiger partial charge >= 0.3 is 11.6 Å². The van der Waals surface area contributed by atoms with Crippen LogP contribution >= 0.6 is 0 Å². The zero-order valence-corrected chi connectivity index (χ0v) is 18.0. The lowest BCUT2D eigenvalue weighted by atomic mass is 9.90. The topological polar surface area (TPSA) is 106 Å². The highest BCUT2D eigenvalue weighted by Crippen LogP contribution is 2.35. The average molecular weight is 435 g/mol. The van der Waals surface area contributed by atoms with Gasteiger partial charge in [-0.2, -0.15) is 0 Å². The molecule has 2 aromatic carbocycles. The van der Waals surface area contributed by atoms with Gasteiger partial charge in [0.2, 0.25) is 0 Å². The van der Waals surface area contributed by atoms with Crippen molar-refractivity contribution >= 4 is 22.8 Å². The maximum Gasteiger partial charge on any atom is 0.339 e. The predicted octanol–water partition coefficient (Wildman–Crippen LogP) is 3.69. The van der Waals surface area contributed by atoms with Gasteiger partial charge in [-0.25, -0.2) is 9.59 Å². The first-order chi connectivity index (χ1) is 15.3. The molecular weight excluding hydrogens is 410 g/mol. The zero-order chi connectivity index (χ0) is 22.8. The largest absolute Gasteiger partial charge is 0.480 e. The van der Waals surface area contributed by atoms with E-state index in [9.17, 15) is 19.5 Å². The first-order valence-electron chi connectivity index (χ1n) is 10.7. The van der Waals surface area contributed by atoms with Crippen LogP contribution in [0.15, 0.2) is 51.7 Å². The number of nitrogens with one attached hydrogen (secondary N) is 1. The van der Waals surface area contributed by atoms with Gasteiger partial charge in [0.05, 0.1) is 5.39 Å². The number of hydrogen-bond donors (Lipinski definition) is 2. The number of aliphatic carboxylic acids is 1. The van der Waals surface area contributed by atoms with Gasteiger partial charge in [0.1, 0.15) is 11.3 Å². The number of rotatable bonds is 6. The van der Waals surface area contributed by atoms with E-state index in [1.807, 2.05) is 13.0 Å². The highest BCUT2D eigenvalue weighted by atomic mass is 16.5. The Labute approximate surface area is 185 Å². The Morgan fingerprint density at radius 3 is 2.47 bits per heavy atom. The molecule has 0 saturated heterocycles. The van der Waals surface area contributed by atoms with Gasteiger partial charge < -0.3 is 19.6 Å². The summed E-state index contributed by atoms with van der Waals surface area (Å²) >= 11 is 0. The minimum absolute atomic E-state index is 0.318. The van der Waals surface area contributed by atoms with Crippen molar-refractivity contribution in [3.05, 3.63) is 75.1 Å². The number of carbonyl (C=O) groups is 2. The van der Waals surface area contributed by atoms with Gasteiger partial charge in [-0.05, 0) is 68.4 Å². The Hall–Kier alpha value is -3.61. The average Bonchev–Trinajstić information content (AvgIpc) is 2.77. The number of carbonyl (C=O) groups excluding carboxylic acids is 1. The van der Waals surface area contributed by atoms with Crippen LogP contribution < -0.4 is 15.7 Å². The second-order valence-corrected chi connectivity index (χ2v) is 8.14. The smallest absolute Gasteiger partial charge is 0.339 e. The minimum atomic E-state index is -1.19. The molecule has 1 aliphatic carbocycles. The van der Waals surface area contributed by atoms with Crippen molar-refractivity contribution in [1.82, 2.24) is 5.32 Å². The first kappa shape index (κ1) is 21.6. The lowest BCUT2D eigenvalue weighted by Gasteiger charge is -2.22. The lowest BCUT2D eigenvalue weighted by molar-refractivity contribution is -0.143. The van der Waals surface area contributed by atoms with E-state index in [0.29, 0.717) is 34.3 Å². The highest BCUT2D eigenvalue weighted by molar-refractivity contribution is 5.90. The Balaban J connectivity index is 1.65. The molecule has 1 aromatic heterocycles. The van der Waals surface area contributed by atoms with Gasteiger partial charge in [0, 0.05) is 5.56 Å². The number of carboxylic acid groups (broad SMARTS) is 1. The van der Waals surface area contributed by atoms with Crippen molar-refractivity contribution in [2.75, 3.05) is 0 Å². The normalized spacial score (nSPS) is 14.9. The Kier molecular flexibility index (Phi) is 5.99. The van der Waals surface area contributed by atoms with E-state index in [-0.39, 0.29) is 5.63 Å². The summed E-state index contributed by atoms with van der Waals surface area (Å²) in [4.78, 5) is 37.0. The molecule has 0 fully saturated rings. The number of carboxylic acids is 1. The summed E-state index contributed by atoms with van der Waals surface area (Å²) in [7, 11) is 0. The summed E-state index contributed by atoms with van der Waals surface area (Å²) in [5, 5.41) is 12.8. The van der Waals surface area contributed by atoms with E-state index in [0.717, 1.165) is 30.4 Å². The maximum atomic E-state index is 12.8. The minimum Gasteiger partial charge on any atom is -0.480 e. The summed E-state index contributed by atoms with van der Waals surface area (Å²) in [6, 6.07) is 10.9. The number of fused-ring (bicyclic) bond motifs is 3. The van der Waals surface area contributed by atoms with Crippen LogP contribution in [0, 0.1) is 6.92 Å². The second-order valence-electron chi connectivity index (χ2n) is 8.14. The number of amides is 1. The standard InChI is InChI=1S/C25H25NO6/c1-14-12-19(21-17-10-6-7-11-18(17)25(30)32-20(21)13-14)31-15(2)23(27)26-22(24(28)29)16-8-4-3-5-9-16/h3-5,8-9,12-13,15,22H,6-7,10-11H2,1-2H3,(H,26,27)(H,28,29)/t15-,22-/m0/s1. The van der Waals surface area contributed by atoms with Crippen molar-refractivity contribution in [2.24, 2.45) is 0 Å². The van der Waals surface area contributed by atoms with E-state index < -0.39 is 24.0 Å². The van der Waals surface area contributed by atoms with Crippen molar-refractivity contribution in [2.45, 2.75) is 51.7 Å². The molecule has 1 heterocycles. The Morgan fingerprint density at radius 2 is 1.78 bits per heavy atom. The van der Waals surface area contributed by atoms with Crippen LogP contribution in [-0.2, 0) is 22.4 Å². The number of hydrogen-bond acceptors (Lipinski definition) is 5. The summed E-state index contributed by atoms with van der Waals surface area (Å²) in [5.74, 6) is -1.26. The molecule has 32 heavy (non-hydrogen) atoms. The summed E-state index contributed by atoms with van der Waals surface area (Å²) < 4.78 is 11.6. The summed E-state index contributed by atoms with van der Waals surface area (Å²) in [6.07, 6.45) is 2.34. The van der Waals surface area contributed by atoms with Crippen LogP contribution in [0.5, 0.6) is 5.75 Å². The monoisotopic (exact) mass is 435 g/mol. The van der Waals surface area contributed by atoms with Crippen molar-refractivity contribution < 1.29 is 23.8 Å². The molecule has 0 aliphatic heterocycles. The van der Waals surface area contributed by atoms with Crippen LogP contribution in [0.4, 0.5) is 0 Å². The van der Waals surface area contributed by atoms with Crippen LogP contribution in [0.3, 0.4) is 0 Å². The highest BCUT2D eigenvalue weighted by Gasteiger charge is 2.27. The quantitative estimate of drug-likeness (QED) is 0.572. The Morgan fingerprint density at radius 1 is 1.09 bits per heavy atom. The molecular formula is C25H25NO6. The fraction of sp³-hybridized carbons (Fsp3) is 0.320. The molecule has 2 N–H and O–H groups in total. The van der Waals surface area contributed by atoms with E-state index in [2.05, 4.69) is 5.32 Å². The SMILES string of the molecule is Cc1cc(O[C@@H](C)C(=O)N[C@H](C(=O)O)c2ccccc2)c2c3c(c(=O)oc2c1)CCCC3. The van der Waals surface area contributed by atoms with E-state index in [1.54, 1.807) is 43.3 Å². The van der Waals surface area contributed by atoms with Gasteiger partial charge in [0.15, 0.2) is 12.1 Å². The third-order valence-electron chi connectivity index (χ3n) is 5.77. The van der Waals surface area contributed by atoms with E-state index >= 15 is 0 Å². The molecule has 0 bridgehead atoms. The molecule has 2 atom stereocenters. The van der Waals surface area contributed by atoms with Crippen LogP contribution in [0.1, 0.15) is 48.1 Å². The van der Waals surface area contributed by atoms with Gasteiger partial charge in [-0.3, -0.25) is 4.79 Å². The molecule has 1 amide bonds. The van der Waals surface area contributed by atoms with E-state index in [1.165, 1.54) is 0 Å². The number of ether oxygens (including phenoxy) is 1. The fourth-order valence-electron chi connectivity index (χ4n) is 4.20. The van der Waals surface area contributed by atoms with Gasteiger partial charge in [-0.1, -0.05) is 30.3 Å². The summed E-state index contributed by atoms with van der Waals surface area (Å²) in [5.41, 5.74) is 3.00. The molecule has 7 heteroatoms. The van der Waals surface area contributed by atoms with Gasteiger partial charge in [0.25, 0.3) is 5.91 Å². The van der Waals surface area contributed by atoms with E-state index in [4.69, 9.17) is 9.15 Å². The predicted molar refractivity (Wildman–Crippen MR) is 119 cm³/mol. The van der Waals surface area contributed by atoms with Crippen molar-refractivity contribution in [3.8, 4) is 5.75 Å². The Bertz CT molecular complexity index is 1230. The van der Waals surface area contributed by atoms with Crippen LogP contribution in [0.2, 0.25) is 0 Å². The number of aryl methyl sites for hydroxylation is 2.